The number of aromatic nitrogens is 1. The van der Waals surface area contributed by atoms with Gasteiger partial charge in [0.25, 0.3) is 5.91 Å². The SMILES string of the molecule is COCCOC(=O)Nc1cccc(NC(=O)c2sc(-c3cccs3)nc2C)c1. The molecule has 9 heteroatoms. The number of carbonyl (C=O) groups excluding carboxylic acids is 2. The van der Waals surface area contributed by atoms with E-state index >= 15 is 0 Å². The van der Waals surface area contributed by atoms with E-state index in [4.69, 9.17) is 9.47 Å². The van der Waals surface area contributed by atoms with Crippen LogP contribution >= 0.6 is 22.7 Å². The molecule has 2 amide bonds. The fourth-order valence-electron chi connectivity index (χ4n) is 2.35. The van der Waals surface area contributed by atoms with E-state index in [2.05, 4.69) is 15.6 Å². The van der Waals surface area contributed by atoms with Gasteiger partial charge in [0.1, 0.15) is 16.5 Å². The number of nitrogens with one attached hydrogen (secondary N) is 2. The van der Waals surface area contributed by atoms with Crippen molar-refractivity contribution in [3.8, 4) is 9.88 Å². The van der Waals surface area contributed by atoms with Crippen LogP contribution in [0.15, 0.2) is 41.8 Å². The maximum Gasteiger partial charge on any atom is 0.411 e. The van der Waals surface area contributed by atoms with E-state index in [0.29, 0.717) is 28.6 Å². The van der Waals surface area contributed by atoms with Crippen LogP contribution in [-0.4, -0.2) is 37.3 Å². The molecule has 0 aliphatic rings. The zero-order valence-corrected chi connectivity index (χ0v) is 17.0. The van der Waals surface area contributed by atoms with Gasteiger partial charge >= 0.3 is 6.09 Å². The van der Waals surface area contributed by atoms with Crippen molar-refractivity contribution in [2.45, 2.75) is 6.92 Å². The number of nitrogens with zero attached hydrogens (tertiary/aromatic N) is 1. The Hall–Kier alpha value is -2.75. The number of thiophene rings is 1. The Morgan fingerprint density at radius 3 is 2.61 bits per heavy atom. The summed E-state index contributed by atoms with van der Waals surface area (Å²) in [6.07, 6.45) is -0.584. The lowest BCUT2D eigenvalue weighted by atomic mass is 10.2. The van der Waals surface area contributed by atoms with Crippen molar-refractivity contribution in [3.63, 3.8) is 0 Å². The molecule has 0 radical (unpaired) electrons. The molecule has 7 nitrogen and oxygen atoms in total. The van der Waals surface area contributed by atoms with Gasteiger partial charge < -0.3 is 14.8 Å². The number of rotatable bonds is 7. The highest BCUT2D eigenvalue weighted by molar-refractivity contribution is 7.22. The van der Waals surface area contributed by atoms with Crippen molar-refractivity contribution < 1.29 is 19.1 Å². The van der Waals surface area contributed by atoms with E-state index in [9.17, 15) is 9.59 Å². The average molecular weight is 418 g/mol. The quantitative estimate of drug-likeness (QED) is 0.547. The average Bonchev–Trinajstić information content (AvgIpc) is 3.31. The highest BCUT2D eigenvalue weighted by Crippen LogP contribution is 2.31. The first kappa shape index (κ1) is 20.0. The summed E-state index contributed by atoms with van der Waals surface area (Å²) in [5.74, 6) is -0.238. The Morgan fingerprint density at radius 1 is 1.11 bits per heavy atom. The minimum atomic E-state index is -0.584. The van der Waals surface area contributed by atoms with E-state index in [1.807, 2.05) is 24.4 Å². The molecular weight excluding hydrogens is 398 g/mol. The molecule has 2 N–H and O–H groups in total. The number of benzene rings is 1. The molecule has 2 aromatic heterocycles. The van der Waals surface area contributed by atoms with Gasteiger partial charge in [-0.05, 0) is 36.6 Å². The maximum atomic E-state index is 12.7. The number of anilines is 2. The van der Waals surface area contributed by atoms with Crippen LogP contribution < -0.4 is 10.6 Å². The van der Waals surface area contributed by atoms with Crippen LogP contribution in [0, 0.1) is 6.92 Å². The maximum absolute atomic E-state index is 12.7. The van der Waals surface area contributed by atoms with Gasteiger partial charge in [0.05, 0.1) is 17.2 Å². The fraction of sp³-hybridized carbons (Fsp3) is 0.211. The highest BCUT2D eigenvalue weighted by atomic mass is 32.1. The third-order valence-corrected chi connectivity index (χ3v) is 5.82. The predicted octanol–water partition coefficient (Wildman–Crippen LogP) is 4.63. The Morgan fingerprint density at radius 2 is 1.89 bits per heavy atom. The predicted molar refractivity (Wildman–Crippen MR) is 111 cm³/mol. The lowest BCUT2D eigenvalue weighted by Gasteiger charge is -2.09. The second kappa shape index (κ2) is 9.45. The first-order chi connectivity index (χ1) is 13.6. The summed E-state index contributed by atoms with van der Waals surface area (Å²) >= 11 is 2.94. The van der Waals surface area contributed by atoms with Crippen LogP contribution in [0.3, 0.4) is 0 Å². The Bertz CT molecular complexity index is 954. The molecule has 0 atom stereocenters. The smallest absolute Gasteiger partial charge is 0.411 e. The Labute approximate surface area is 170 Å². The van der Waals surface area contributed by atoms with Crippen molar-refractivity contribution in [1.82, 2.24) is 4.98 Å². The van der Waals surface area contributed by atoms with E-state index in [-0.39, 0.29) is 12.5 Å². The fourth-order valence-corrected chi connectivity index (χ4v) is 4.11. The van der Waals surface area contributed by atoms with Gasteiger partial charge in [-0.15, -0.1) is 22.7 Å². The van der Waals surface area contributed by atoms with Crippen molar-refractivity contribution in [1.29, 1.82) is 0 Å². The largest absolute Gasteiger partial charge is 0.447 e. The third kappa shape index (κ3) is 5.16. The van der Waals surface area contributed by atoms with Crippen molar-refractivity contribution in [2.75, 3.05) is 31.0 Å². The number of methoxy groups -OCH3 is 1. The van der Waals surface area contributed by atoms with Gasteiger partial charge in [0, 0.05) is 18.5 Å². The van der Waals surface area contributed by atoms with Gasteiger partial charge in [-0.25, -0.2) is 9.78 Å². The lowest BCUT2D eigenvalue weighted by Crippen LogP contribution is -2.16. The summed E-state index contributed by atoms with van der Waals surface area (Å²) < 4.78 is 9.79. The lowest BCUT2D eigenvalue weighted by molar-refractivity contribution is 0.102. The molecule has 0 bridgehead atoms. The number of aryl methyl sites for hydroxylation is 1. The molecule has 3 rings (SSSR count). The molecule has 0 saturated carbocycles. The molecule has 0 unspecified atom stereocenters. The zero-order valence-electron chi connectivity index (χ0n) is 15.4. The second-order valence-electron chi connectivity index (χ2n) is 5.70. The van der Waals surface area contributed by atoms with Crippen LogP contribution in [0.2, 0.25) is 0 Å². The van der Waals surface area contributed by atoms with Crippen LogP contribution in [-0.2, 0) is 9.47 Å². The summed E-state index contributed by atoms with van der Waals surface area (Å²) in [5.41, 5.74) is 1.76. The number of amides is 2. The number of hydrogen-bond acceptors (Lipinski definition) is 7. The molecule has 0 aliphatic carbocycles. The minimum absolute atomic E-state index is 0.163. The van der Waals surface area contributed by atoms with Gasteiger partial charge in [-0.3, -0.25) is 10.1 Å². The molecule has 0 aliphatic heterocycles. The summed E-state index contributed by atoms with van der Waals surface area (Å²) in [6.45, 7) is 2.30. The first-order valence-corrected chi connectivity index (χ1v) is 10.1. The number of thiazole rings is 1. The van der Waals surface area contributed by atoms with Crippen LogP contribution in [0.25, 0.3) is 9.88 Å². The number of hydrogen-bond donors (Lipinski definition) is 2. The standard InChI is InChI=1S/C19H19N3O4S2/c1-12-16(28-18(20-12)15-7-4-10-27-15)17(23)21-13-5-3-6-14(11-13)22-19(24)26-9-8-25-2/h3-7,10-11H,8-9H2,1-2H3,(H,21,23)(H,22,24). The van der Waals surface area contributed by atoms with Gasteiger partial charge in [0.2, 0.25) is 0 Å². The molecule has 1 aromatic carbocycles. The Balaban J connectivity index is 1.65. The third-order valence-electron chi connectivity index (χ3n) is 3.62. The van der Waals surface area contributed by atoms with Crippen LogP contribution in [0.1, 0.15) is 15.4 Å². The topological polar surface area (TPSA) is 89.5 Å². The zero-order chi connectivity index (χ0) is 19.9. The summed E-state index contributed by atoms with van der Waals surface area (Å²) in [4.78, 5) is 30.5. The van der Waals surface area contributed by atoms with Gasteiger partial charge in [0.15, 0.2) is 0 Å². The van der Waals surface area contributed by atoms with Crippen LogP contribution in [0.4, 0.5) is 16.2 Å². The monoisotopic (exact) mass is 417 g/mol. The van der Waals surface area contributed by atoms with Crippen molar-refractivity contribution >= 4 is 46.0 Å². The highest BCUT2D eigenvalue weighted by Gasteiger charge is 2.17. The van der Waals surface area contributed by atoms with Crippen molar-refractivity contribution in [3.05, 3.63) is 52.3 Å². The van der Waals surface area contributed by atoms with E-state index in [1.54, 1.807) is 35.6 Å². The molecule has 28 heavy (non-hydrogen) atoms. The molecule has 146 valence electrons. The normalized spacial score (nSPS) is 10.5. The molecule has 3 aromatic rings. The summed E-state index contributed by atoms with van der Waals surface area (Å²) in [7, 11) is 1.53. The molecular formula is C19H19N3O4S2. The first-order valence-electron chi connectivity index (χ1n) is 8.42. The van der Waals surface area contributed by atoms with E-state index in [1.165, 1.54) is 18.4 Å². The van der Waals surface area contributed by atoms with Gasteiger partial charge in [-0.1, -0.05) is 12.1 Å². The van der Waals surface area contributed by atoms with Crippen LogP contribution in [0.5, 0.6) is 0 Å². The van der Waals surface area contributed by atoms with Gasteiger partial charge in [-0.2, -0.15) is 0 Å². The van der Waals surface area contributed by atoms with E-state index in [0.717, 1.165) is 9.88 Å². The molecule has 0 spiro atoms. The Kier molecular flexibility index (Phi) is 6.75. The van der Waals surface area contributed by atoms with E-state index < -0.39 is 6.09 Å². The molecule has 0 saturated heterocycles. The minimum Gasteiger partial charge on any atom is -0.447 e. The summed E-state index contributed by atoms with van der Waals surface area (Å²) in [6, 6.07) is 10.8. The van der Waals surface area contributed by atoms with Crippen molar-refractivity contribution in [2.24, 2.45) is 0 Å². The second-order valence-corrected chi connectivity index (χ2v) is 7.65. The molecule has 0 fully saturated rings. The number of carbonyl (C=O) groups is 2. The molecule has 2 heterocycles. The summed E-state index contributed by atoms with van der Waals surface area (Å²) in [5, 5.41) is 8.26. The number of ether oxygens (including phenoxy) is 2.